The zero-order chi connectivity index (χ0) is 26.8. The van der Waals surface area contributed by atoms with E-state index < -0.39 is 0 Å². The summed E-state index contributed by atoms with van der Waals surface area (Å²) >= 11 is 0. The van der Waals surface area contributed by atoms with Crippen LogP contribution >= 0.6 is 0 Å². The van der Waals surface area contributed by atoms with E-state index >= 15 is 0 Å². The van der Waals surface area contributed by atoms with Gasteiger partial charge in [-0.05, 0) is 61.6 Å². The van der Waals surface area contributed by atoms with Crippen molar-refractivity contribution in [3.8, 4) is 0 Å². The fourth-order valence-electron chi connectivity index (χ4n) is 6.04. The first kappa shape index (κ1) is 26.0. The molecular formula is C31H39N5O2. The standard InChI is InChI=1S/C31H39N5O2/c1-5-36(6-2)34-31(38)29-20(3)28(32-21(29)4)19-26-25-18-23(12-13-27(25)33-30(26)37)22-14-16-35(17-15-22)24-10-8-7-9-11-24/h7-13,18-20,22,28,32H,5-6,14-17H2,1-4H3,(H,33,37)(H,34,38)/b26-19-. The number of rotatable bonds is 7. The molecular weight excluding hydrogens is 474 g/mol. The molecule has 1 fully saturated rings. The van der Waals surface area contributed by atoms with Gasteiger partial charge in [-0.3, -0.25) is 15.0 Å². The highest BCUT2D eigenvalue weighted by atomic mass is 16.2. The van der Waals surface area contributed by atoms with Crippen molar-refractivity contribution in [3.05, 3.63) is 77.0 Å². The molecule has 2 aromatic carbocycles. The average molecular weight is 514 g/mol. The number of nitrogens with one attached hydrogen (secondary N) is 3. The number of hydrogen-bond acceptors (Lipinski definition) is 5. The molecule has 2 amide bonds. The monoisotopic (exact) mass is 513 g/mol. The van der Waals surface area contributed by atoms with Crippen LogP contribution in [-0.4, -0.2) is 49.0 Å². The maximum atomic E-state index is 13.0. The molecule has 2 aromatic rings. The van der Waals surface area contributed by atoms with Crippen LogP contribution < -0.4 is 21.0 Å². The van der Waals surface area contributed by atoms with Gasteiger partial charge in [-0.25, -0.2) is 5.01 Å². The van der Waals surface area contributed by atoms with Crippen LogP contribution in [0.2, 0.25) is 0 Å². The lowest BCUT2D eigenvalue weighted by Crippen LogP contribution is -2.43. The van der Waals surface area contributed by atoms with Crippen LogP contribution in [-0.2, 0) is 9.59 Å². The molecule has 3 N–H and O–H groups in total. The van der Waals surface area contributed by atoms with Crippen molar-refractivity contribution < 1.29 is 9.59 Å². The molecule has 0 bridgehead atoms. The molecule has 3 aliphatic rings. The number of carbonyl (C=O) groups is 2. The van der Waals surface area contributed by atoms with Gasteiger partial charge in [-0.15, -0.1) is 0 Å². The molecule has 38 heavy (non-hydrogen) atoms. The van der Waals surface area contributed by atoms with Gasteiger partial charge < -0.3 is 15.5 Å². The van der Waals surface area contributed by atoms with Gasteiger partial charge in [0, 0.05) is 65.9 Å². The number of para-hydroxylation sites is 1. The molecule has 2 unspecified atom stereocenters. The second-order valence-corrected chi connectivity index (χ2v) is 10.5. The van der Waals surface area contributed by atoms with E-state index in [0.29, 0.717) is 11.5 Å². The van der Waals surface area contributed by atoms with Crippen molar-refractivity contribution in [3.63, 3.8) is 0 Å². The number of hydrogen-bond donors (Lipinski definition) is 3. The topological polar surface area (TPSA) is 76.7 Å². The maximum absolute atomic E-state index is 13.0. The summed E-state index contributed by atoms with van der Waals surface area (Å²) in [6.45, 7) is 11.6. The summed E-state index contributed by atoms with van der Waals surface area (Å²) in [6.07, 6.45) is 4.18. The molecule has 0 radical (unpaired) electrons. The van der Waals surface area contributed by atoms with Crippen LogP contribution in [0.25, 0.3) is 5.57 Å². The lowest BCUT2D eigenvalue weighted by atomic mass is 9.87. The number of piperidine rings is 1. The molecule has 0 aliphatic carbocycles. The minimum Gasteiger partial charge on any atom is -0.381 e. The van der Waals surface area contributed by atoms with E-state index in [1.165, 1.54) is 11.3 Å². The van der Waals surface area contributed by atoms with Gasteiger partial charge in [0.2, 0.25) is 0 Å². The first-order valence-electron chi connectivity index (χ1n) is 13.9. The lowest BCUT2D eigenvalue weighted by Gasteiger charge is -2.34. The minimum atomic E-state index is -0.128. The average Bonchev–Trinajstić information content (AvgIpc) is 3.41. The zero-order valence-corrected chi connectivity index (χ0v) is 22.9. The number of carbonyl (C=O) groups excluding carboxylic acids is 2. The molecule has 1 saturated heterocycles. The van der Waals surface area contributed by atoms with Crippen molar-refractivity contribution in [1.29, 1.82) is 0 Å². The van der Waals surface area contributed by atoms with E-state index in [1.807, 2.05) is 44.8 Å². The Morgan fingerprint density at radius 3 is 2.50 bits per heavy atom. The summed E-state index contributed by atoms with van der Waals surface area (Å²) < 4.78 is 0. The predicted octanol–water partition coefficient (Wildman–Crippen LogP) is 4.66. The summed E-state index contributed by atoms with van der Waals surface area (Å²) in [7, 11) is 0. The van der Waals surface area contributed by atoms with Crippen molar-refractivity contribution in [2.45, 2.75) is 52.5 Å². The number of fused-ring (bicyclic) bond motifs is 1. The molecule has 3 heterocycles. The number of allylic oxidation sites excluding steroid dienone is 1. The van der Waals surface area contributed by atoms with Crippen LogP contribution in [0.5, 0.6) is 0 Å². The Bertz CT molecular complexity index is 1260. The van der Waals surface area contributed by atoms with E-state index in [0.717, 1.165) is 61.5 Å². The predicted molar refractivity (Wildman–Crippen MR) is 154 cm³/mol. The van der Waals surface area contributed by atoms with Crippen LogP contribution in [0.4, 0.5) is 11.4 Å². The van der Waals surface area contributed by atoms with Crippen molar-refractivity contribution in [2.75, 3.05) is 36.4 Å². The molecule has 5 rings (SSSR count). The molecule has 0 spiro atoms. The molecule has 7 nitrogen and oxygen atoms in total. The normalized spacial score (nSPS) is 22.6. The summed E-state index contributed by atoms with van der Waals surface area (Å²) in [4.78, 5) is 28.5. The van der Waals surface area contributed by atoms with Crippen molar-refractivity contribution >= 4 is 28.8 Å². The molecule has 3 aliphatic heterocycles. The highest BCUT2D eigenvalue weighted by molar-refractivity contribution is 6.31. The highest BCUT2D eigenvalue weighted by Gasteiger charge is 2.35. The number of hydrazine groups is 1. The summed E-state index contributed by atoms with van der Waals surface area (Å²) in [6, 6.07) is 16.9. The van der Waals surface area contributed by atoms with Gasteiger partial charge in [-0.2, -0.15) is 0 Å². The van der Waals surface area contributed by atoms with E-state index in [1.54, 1.807) is 0 Å². The van der Waals surface area contributed by atoms with E-state index in [9.17, 15) is 9.59 Å². The SMILES string of the molecule is CCN(CC)NC(=O)C1=C(C)NC(/C=C2\C(=O)Nc3ccc(C4CCN(c5ccccc5)CC4)cc32)C1C. The summed E-state index contributed by atoms with van der Waals surface area (Å²) in [5.74, 6) is 0.261. The Balaban J connectivity index is 1.31. The fourth-order valence-corrected chi connectivity index (χ4v) is 6.04. The quantitative estimate of drug-likeness (QED) is 0.371. The summed E-state index contributed by atoms with van der Waals surface area (Å²) in [5, 5.41) is 8.39. The Labute approximate surface area is 225 Å². The van der Waals surface area contributed by atoms with Crippen LogP contribution in [0.15, 0.2) is 65.9 Å². The Kier molecular flexibility index (Phi) is 7.56. The fraction of sp³-hybridized carbons (Fsp3) is 0.419. The van der Waals surface area contributed by atoms with E-state index in [4.69, 9.17) is 0 Å². The van der Waals surface area contributed by atoms with Crippen molar-refractivity contribution in [1.82, 2.24) is 15.8 Å². The molecule has 7 heteroatoms. The van der Waals surface area contributed by atoms with Gasteiger partial charge >= 0.3 is 0 Å². The van der Waals surface area contributed by atoms with Crippen LogP contribution in [0.3, 0.4) is 0 Å². The highest BCUT2D eigenvalue weighted by Crippen LogP contribution is 2.38. The zero-order valence-electron chi connectivity index (χ0n) is 22.9. The first-order valence-corrected chi connectivity index (χ1v) is 13.9. The lowest BCUT2D eigenvalue weighted by molar-refractivity contribution is -0.122. The molecule has 2 atom stereocenters. The smallest absolute Gasteiger partial charge is 0.263 e. The van der Waals surface area contributed by atoms with Crippen LogP contribution in [0, 0.1) is 5.92 Å². The third-order valence-corrected chi connectivity index (χ3v) is 8.31. The number of amides is 2. The number of benzene rings is 2. The third-order valence-electron chi connectivity index (χ3n) is 8.31. The van der Waals surface area contributed by atoms with E-state index in [-0.39, 0.29) is 23.8 Å². The van der Waals surface area contributed by atoms with Gasteiger partial charge in [-0.1, -0.05) is 45.0 Å². The first-order chi connectivity index (χ1) is 18.4. The number of anilines is 2. The van der Waals surface area contributed by atoms with E-state index in [2.05, 4.69) is 63.4 Å². The maximum Gasteiger partial charge on any atom is 0.263 e. The molecule has 200 valence electrons. The minimum absolute atomic E-state index is 0.0552. The van der Waals surface area contributed by atoms with Gasteiger partial charge in [0.05, 0.1) is 6.04 Å². The summed E-state index contributed by atoms with van der Waals surface area (Å²) in [5.41, 5.74) is 9.71. The Hall–Kier alpha value is -3.58. The van der Waals surface area contributed by atoms with Gasteiger partial charge in [0.25, 0.3) is 11.8 Å². The molecule has 0 saturated carbocycles. The Morgan fingerprint density at radius 1 is 1.11 bits per heavy atom. The third kappa shape index (κ3) is 5.07. The largest absolute Gasteiger partial charge is 0.381 e. The second kappa shape index (κ2) is 11.0. The molecule has 0 aromatic heterocycles. The van der Waals surface area contributed by atoms with Crippen LogP contribution in [0.1, 0.15) is 57.6 Å². The van der Waals surface area contributed by atoms with Gasteiger partial charge in [0.15, 0.2) is 0 Å². The Morgan fingerprint density at radius 2 is 1.82 bits per heavy atom. The second-order valence-electron chi connectivity index (χ2n) is 10.5. The van der Waals surface area contributed by atoms with Gasteiger partial charge in [0.1, 0.15) is 0 Å². The number of nitrogens with zero attached hydrogens (tertiary/aromatic N) is 2. The van der Waals surface area contributed by atoms with Crippen molar-refractivity contribution in [2.24, 2.45) is 5.92 Å².